The van der Waals surface area contributed by atoms with Gasteiger partial charge in [-0.25, -0.2) is 9.78 Å². The Morgan fingerprint density at radius 1 is 1.31 bits per heavy atom. The summed E-state index contributed by atoms with van der Waals surface area (Å²) < 4.78 is 12.2. The molecule has 10 heteroatoms. The van der Waals surface area contributed by atoms with Crippen LogP contribution in [0.5, 0.6) is 0 Å². The molecule has 3 heterocycles. The summed E-state index contributed by atoms with van der Waals surface area (Å²) in [4.78, 5) is 38.9. The van der Waals surface area contributed by atoms with E-state index in [1.807, 2.05) is 24.3 Å². The largest absolute Gasteiger partial charge is 0.453 e. The van der Waals surface area contributed by atoms with E-state index in [2.05, 4.69) is 4.98 Å². The van der Waals surface area contributed by atoms with Crippen molar-refractivity contribution in [2.75, 3.05) is 0 Å². The number of rotatable bonds is 4. The summed E-state index contributed by atoms with van der Waals surface area (Å²) in [7, 11) is 0. The summed E-state index contributed by atoms with van der Waals surface area (Å²) in [6, 6.07) is 10.9. The second-order valence-electron chi connectivity index (χ2n) is 5.24. The number of fused-ring (bicyclic) bond motifs is 3. The van der Waals surface area contributed by atoms with E-state index in [0.717, 1.165) is 22.3 Å². The van der Waals surface area contributed by atoms with Gasteiger partial charge in [-0.3, -0.25) is 19.3 Å². The molecule has 26 heavy (non-hydrogen) atoms. The van der Waals surface area contributed by atoms with Gasteiger partial charge in [0.05, 0.1) is 22.0 Å². The predicted octanol–water partition coefficient (Wildman–Crippen LogP) is 2.77. The number of nitrogens with zero attached hydrogens (tertiary/aromatic N) is 3. The summed E-state index contributed by atoms with van der Waals surface area (Å²) in [5, 5.41) is 10.6. The molecule has 0 fully saturated rings. The minimum Gasteiger partial charge on any atom is -0.453 e. The molecule has 9 nitrogen and oxygen atoms in total. The third-order valence-corrected chi connectivity index (χ3v) is 4.59. The number of para-hydroxylation sites is 1. The summed E-state index contributed by atoms with van der Waals surface area (Å²) in [5.41, 5.74) is 0.750. The van der Waals surface area contributed by atoms with Gasteiger partial charge < -0.3 is 9.15 Å². The van der Waals surface area contributed by atoms with E-state index in [-0.39, 0.29) is 23.6 Å². The van der Waals surface area contributed by atoms with E-state index in [1.54, 1.807) is 0 Å². The average molecular weight is 371 g/mol. The molecule has 0 bridgehead atoms. The number of hydrogen-bond acceptors (Lipinski definition) is 8. The minimum absolute atomic E-state index is 0.257. The number of furan rings is 1. The second kappa shape index (κ2) is 6.08. The Balaban J connectivity index is 1.59. The van der Waals surface area contributed by atoms with Gasteiger partial charge in [0.15, 0.2) is 4.96 Å². The van der Waals surface area contributed by atoms with Crippen LogP contribution in [0.3, 0.4) is 0 Å². The summed E-state index contributed by atoms with van der Waals surface area (Å²) in [6.07, 6.45) is 0. The predicted molar refractivity (Wildman–Crippen MR) is 91.3 cm³/mol. The van der Waals surface area contributed by atoms with Crippen molar-refractivity contribution in [3.05, 3.63) is 74.4 Å². The Hall–Kier alpha value is -3.53. The van der Waals surface area contributed by atoms with E-state index in [4.69, 9.17) is 9.15 Å². The molecule has 0 aliphatic carbocycles. The Morgan fingerprint density at radius 2 is 2.12 bits per heavy atom. The molecule has 0 aliphatic rings. The molecule has 4 aromatic rings. The van der Waals surface area contributed by atoms with Crippen molar-refractivity contribution in [1.29, 1.82) is 0 Å². The lowest BCUT2D eigenvalue weighted by molar-refractivity contribution is -0.402. The van der Waals surface area contributed by atoms with Crippen LogP contribution in [-0.4, -0.2) is 20.3 Å². The van der Waals surface area contributed by atoms with Crippen molar-refractivity contribution in [3.63, 3.8) is 0 Å². The quantitative estimate of drug-likeness (QED) is 0.307. The van der Waals surface area contributed by atoms with Crippen molar-refractivity contribution < 1.29 is 18.9 Å². The third kappa shape index (κ3) is 2.71. The number of carbonyl (C=O) groups is 1. The number of esters is 1. The first-order valence-electron chi connectivity index (χ1n) is 7.34. The van der Waals surface area contributed by atoms with Crippen molar-refractivity contribution in [3.8, 4) is 0 Å². The zero-order valence-corrected chi connectivity index (χ0v) is 13.8. The van der Waals surface area contributed by atoms with Crippen molar-refractivity contribution in [1.82, 2.24) is 9.38 Å². The van der Waals surface area contributed by atoms with E-state index in [9.17, 15) is 19.7 Å². The standard InChI is InChI=1S/C16H9N3O6S/c20-13-7-9(8-24-15(21)11-5-6-14(25-11)19(22)23)17-16-18(13)10-3-1-2-4-12(10)26-16/h1-7H,8H2. The monoisotopic (exact) mass is 371 g/mol. The Kier molecular flexibility index (Phi) is 3.73. The van der Waals surface area contributed by atoms with Crippen LogP contribution in [0.1, 0.15) is 16.2 Å². The number of benzene rings is 1. The Morgan fingerprint density at radius 3 is 2.88 bits per heavy atom. The molecule has 0 amide bonds. The SMILES string of the molecule is O=C(OCc1cc(=O)n2c(n1)sc1ccccc12)c1ccc([N+](=O)[O-])o1. The number of nitro groups is 1. The lowest BCUT2D eigenvalue weighted by atomic mass is 10.3. The van der Waals surface area contributed by atoms with Gasteiger partial charge in [0, 0.05) is 6.07 Å². The van der Waals surface area contributed by atoms with Crippen molar-refractivity contribution in [2.45, 2.75) is 6.61 Å². The minimum atomic E-state index is -0.878. The molecule has 1 aromatic carbocycles. The van der Waals surface area contributed by atoms with Crippen LogP contribution >= 0.6 is 11.3 Å². The smallest absolute Gasteiger partial charge is 0.433 e. The lowest BCUT2D eigenvalue weighted by Gasteiger charge is -2.02. The molecule has 4 rings (SSSR count). The molecule has 0 saturated carbocycles. The summed E-state index contributed by atoms with van der Waals surface area (Å²) in [6.45, 7) is -0.257. The highest BCUT2D eigenvalue weighted by Gasteiger charge is 2.19. The van der Waals surface area contributed by atoms with Gasteiger partial charge in [-0.2, -0.15) is 0 Å². The third-order valence-electron chi connectivity index (χ3n) is 3.57. The normalized spacial score (nSPS) is 11.1. The number of hydrogen-bond donors (Lipinski definition) is 0. The maximum atomic E-state index is 12.4. The zero-order valence-electron chi connectivity index (χ0n) is 12.9. The van der Waals surface area contributed by atoms with Crippen LogP contribution in [0.2, 0.25) is 0 Å². The molecule has 130 valence electrons. The van der Waals surface area contributed by atoms with Crippen LogP contribution in [0.4, 0.5) is 5.88 Å². The van der Waals surface area contributed by atoms with Gasteiger partial charge >= 0.3 is 11.9 Å². The number of thiazole rings is 1. The van der Waals surface area contributed by atoms with E-state index < -0.39 is 16.8 Å². The molecule has 3 aromatic heterocycles. The molecule has 0 radical (unpaired) electrons. The lowest BCUT2D eigenvalue weighted by Crippen LogP contribution is -2.15. The van der Waals surface area contributed by atoms with Gasteiger partial charge in [0.25, 0.3) is 5.56 Å². The summed E-state index contributed by atoms with van der Waals surface area (Å²) >= 11 is 1.35. The van der Waals surface area contributed by atoms with E-state index >= 15 is 0 Å². The van der Waals surface area contributed by atoms with Crippen LogP contribution in [0, 0.1) is 10.1 Å². The fourth-order valence-corrected chi connectivity index (χ4v) is 3.49. The van der Waals surface area contributed by atoms with Crippen LogP contribution in [0.15, 0.2) is 51.7 Å². The molecule has 0 spiro atoms. The second-order valence-corrected chi connectivity index (χ2v) is 6.25. The highest BCUT2D eigenvalue weighted by atomic mass is 32.1. The fourth-order valence-electron chi connectivity index (χ4n) is 2.44. The molecule has 0 atom stereocenters. The Labute approximate surface area is 148 Å². The maximum absolute atomic E-state index is 12.4. The van der Waals surface area contributed by atoms with Crippen molar-refractivity contribution >= 4 is 38.4 Å². The first kappa shape index (κ1) is 16.0. The van der Waals surface area contributed by atoms with Gasteiger partial charge in [0.1, 0.15) is 11.5 Å². The fraction of sp³-hybridized carbons (Fsp3) is 0.0625. The Bertz CT molecular complexity index is 1220. The molecule has 0 unspecified atom stereocenters. The van der Waals surface area contributed by atoms with Crippen LogP contribution < -0.4 is 5.56 Å². The highest BCUT2D eigenvalue weighted by Crippen LogP contribution is 2.23. The first-order chi connectivity index (χ1) is 12.5. The topological polar surface area (TPSA) is 117 Å². The zero-order chi connectivity index (χ0) is 18.3. The van der Waals surface area contributed by atoms with Gasteiger partial charge in [-0.05, 0) is 18.2 Å². The van der Waals surface area contributed by atoms with E-state index in [0.29, 0.717) is 4.96 Å². The maximum Gasteiger partial charge on any atom is 0.433 e. The molecule has 0 aliphatic heterocycles. The first-order valence-corrected chi connectivity index (χ1v) is 8.16. The van der Waals surface area contributed by atoms with Gasteiger partial charge in [-0.1, -0.05) is 23.5 Å². The van der Waals surface area contributed by atoms with E-state index in [1.165, 1.54) is 21.8 Å². The van der Waals surface area contributed by atoms with Gasteiger partial charge in [-0.15, -0.1) is 0 Å². The molecule has 0 N–H and O–H groups in total. The van der Waals surface area contributed by atoms with Crippen LogP contribution in [-0.2, 0) is 11.3 Å². The average Bonchev–Trinajstić information content (AvgIpc) is 3.24. The highest BCUT2D eigenvalue weighted by molar-refractivity contribution is 7.23. The molecule has 0 saturated heterocycles. The molecular formula is C16H9N3O6S. The number of carbonyl (C=O) groups excluding carboxylic acids is 1. The number of ether oxygens (including phenoxy) is 1. The van der Waals surface area contributed by atoms with Crippen molar-refractivity contribution in [2.24, 2.45) is 0 Å². The van der Waals surface area contributed by atoms with Gasteiger partial charge in [0.2, 0.25) is 5.76 Å². The summed E-state index contributed by atoms with van der Waals surface area (Å²) in [5.74, 6) is -1.73. The van der Waals surface area contributed by atoms with Crippen LogP contribution in [0.25, 0.3) is 15.2 Å². The molecular weight excluding hydrogens is 362 g/mol. The number of aromatic nitrogens is 2.